The molecule has 2 saturated carbocycles. The van der Waals surface area contributed by atoms with E-state index in [0.29, 0.717) is 17.4 Å². The fraction of sp³-hybridized carbons (Fsp3) is 0.875. The summed E-state index contributed by atoms with van der Waals surface area (Å²) in [6.07, 6.45) is 6.61. The lowest BCUT2D eigenvalue weighted by Gasteiger charge is -2.51. The van der Waals surface area contributed by atoms with E-state index in [9.17, 15) is 9.59 Å². The Kier molecular flexibility index (Phi) is 4.97. The largest absolute Gasteiger partial charge is 0.345 e. The highest BCUT2D eigenvalue weighted by Gasteiger charge is 2.47. The first kappa shape index (κ1) is 16.5. The number of rotatable bonds is 2. The van der Waals surface area contributed by atoms with Gasteiger partial charge in [0.05, 0.1) is 0 Å². The lowest BCUT2D eigenvalue weighted by Crippen LogP contribution is -2.53. The van der Waals surface area contributed by atoms with E-state index in [-0.39, 0.29) is 9.83 Å². The Morgan fingerprint density at radius 3 is 2.23 bits per heavy atom. The molecule has 1 saturated heterocycles. The summed E-state index contributed by atoms with van der Waals surface area (Å²) in [7, 11) is 2.12. The van der Waals surface area contributed by atoms with Crippen LogP contribution < -0.4 is 5.32 Å². The third-order valence-corrected chi connectivity index (χ3v) is 6.20. The highest BCUT2D eigenvalue weighted by Crippen LogP contribution is 2.53. The number of likely N-dealkylation sites (N-methyl/N-ethyl adjacent to an activating group) is 1. The van der Waals surface area contributed by atoms with Crippen molar-refractivity contribution in [3.63, 3.8) is 0 Å². The Morgan fingerprint density at radius 1 is 1.09 bits per heavy atom. The van der Waals surface area contributed by atoms with Gasteiger partial charge in [-0.15, -0.1) is 0 Å². The van der Waals surface area contributed by atoms with Crippen LogP contribution in [0.1, 0.15) is 38.5 Å². The van der Waals surface area contributed by atoms with Crippen LogP contribution >= 0.6 is 22.6 Å². The van der Waals surface area contributed by atoms with Gasteiger partial charge in [0, 0.05) is 60.7 Å². The van der Waals surface area contributed by atoms with E-state index in [1.165, 1.54) is 0 Å². The SMILES string of the molecule is CN1CCN(C(=O)C2CCC3(CC2)CC(NC(=O)I)C3)CC1. The minimum atomic E-state index is 0.0522. The molecule has 0 aromatic heterocycles. The lowest BCUT2D eigenvalue weighted by molar-refractivity contribution is -0.139. The van der Waals surface area contributed by atoms with Gasteiger partial charge in [0.25, 0.3) is 3.91 Å². The van der Waals surface area contributed by atoms with Crippen molar-refractivity contribution in [2.24, 2.45) is 11.3 Å². The summed E-state index contributed by atoms with van der Waals surface area (Å²) in [5.74, 6) is 0.631. The van der Waals surface area contributed by atoms with Crippen LogP contribution in [0.25, 0.3) is 0 Å². The maximum Gasteiger partial charge on any atom is 0.280 e. The molecule has 0 atom stereocenters. The first-order chi connectivity index (χ1) is 10.5. The molecule has 3 fully saturated rings. The molecule has 0 bridgehead atoms. The molecule has 0 radical (unpaired) electrons. The van der Waals surface area contributed by atoms with Gasteiger partial charge in [0.15, 0.2) is 0 Å². The summed E-state index contributed by atoms with van der Waals surface area (Å²) in [5, 5.41) is 3.01. The molecular weight excluding hydrogens is 393 g/mol. The molecule has 22 heavy (non-hydrogen) atoms. The van der Waals surface area contributed by atoms with E-state index in [4.69, 9.17) is 0 Å². The maximum atomic E-state index is 12.6. The standard InChI is InChI=1S/C16H26IN3O2/c1-19-6-8-20(9-7-19)14(21)12-2-4-16(5-3-12)10-13(11-16)18-15(17)22/h12-13H,2-11H2,1H3,(H,18,22). The maximum absolute atomic E-state index is 12.6. The summed E-state index contributed by atoms with van der Waals surface area (Å²) in [4.78, 5) is 28.1. The number of hydrogen-bond acceptors (Lipinski definition) is 3. The minimum Gasteiger partial charge on any atom is -0.345 e. The van der Waals surface area contributed by atoms with Crippen molar-refractivity contribution >= 4 is 32.4 Å². The number of carbonyl (C=O) groups is 2. The van der Waals surface area contributed by atoms with Crippen molar-refractivity contribution in [3.05, 3.63) is 0 Å². The van der Waals surface area contributed by atoms with Gasteiger partial charge in [-0.3, -0.25) is 9.59 Å². The molecule has 5 nitrogen and oxygen atoms in total. The molecule has 0 unspecified atom stereocenters. The molecule has 0 aromatic carbocycles. The predicted molar refractivity (Wildman–Crippen MR) is 94.0 cm³/mol. The summed E-state index contributed by atoms with van der Waals surface area (Å²) >= 11 is 1.81. The Labute approximate surface area is 146 Å². The summed E-state index contributed by atoms with van der Waals surface area (Å²) < 4.78 is 0.0522. The average molecular weight is 419 g/mol. The fourth-order valence-corrected chi connectivity index (χ4v) is 4.86. The Hall–Kier alpha value is -0.370. The Balaban J connectivity index is 1.44. The van der Waals surface area contributed by atoms with Gasteiger partial charge in [-0.05, 0) is 51.0 Å². The zero-order valence-electron chi connectivity index (χ0n) is 13.3. The van der Waals surface area contributed by atoms with Crippen LogP contribution in [0.15, 0.2) is 0 Å². The topological polar surface area (TPSA) is 52.6 Å². The van der Waals surface area contributed by atoms with Crippen molar-refractivity contribution in [1.29, 1.82) is 0 Å². The number of carbonyl (C=O) groups excluding carboxylic acids is 2. The molecule has 1 heterocycles. The molecule has 2 aliphatic carbocycles. The van der Waals surface area contributed by atoms with E-state index in [1.54, 1.807) is 0 Å². The number of amides is 2. The molecule has 0 aromatic rings. The number of halogens is 1. The van der Waals surface area contributed by atoms with Gasteiger partial charge >= 0.3 is 0 Å². The van der Waals surface area contributed by atoms with Crippen molar-refractivity contribution in [1.82, 2.24) is 15.1 Å². The molecule has 3 rings (SSSR count). The van der Waals surface area contributed by atoms with Crippen molar-refractivity contribution in [2.75, 3.05) is 33.2 Å². The quantitative estimate of drug-likeness (QED) is 0.425. The van der Waals surface area contributed by atoms with E-state index in [1.807, 2.05) is 22.6 Å². The summed E-state index contributed by atoms with van der Waals surface area (Å²) in [5.41, 5.74) is 0.419. The highest BCUT2D eigenvalue weighted by atomic mass is 127. The lowest BCUT2D eigenvalue weighted by atomic mass is 9.57. The fourth-order valence-electron chi connectivity index (χ4n) is 4.42. The van der Waals surface area contributed by atoms with Gasteiger partial charge in [-0.25, -0.2) is 0 Å². The molecule has 124 valence electrons. The normalized spacial score (nSPS) is 36.0. The Bertz CT molecular complexity index is 433. The van der Waals surface area contributed by atoms with Gasteiger partial charge in [0.1, 0.15) is 0 Å². The number of nitrogens with zero attached hydrogens (tertiary/aromatic N) is 2. The second-order valence-electron chi connectivity index (χ2n) is 7.43. The minimum absolute atomic E-state index is 0.0522. The third-order valence-electron chi connectivity index (χ3n) is 5.89. The first-order valence-corrected chi connectivity index (χ1v) is 9.49. The third kappa shape index (κ3) is 3.58. The van der Waals surface area contributed by atoms with Crippen LogP contribution in [-0.2, 0) is 4.79 Å². The van der Waals surface area contributed by atoms with Crippen LogP contribution in [0.5, 0.6) is 0 Å². The van der Waals surface area contributed by atoms with Crippen molar-refractivity contribution in [3.8, 4) is 0 Å². The van der Waals surface area contributed by atoms with Crippen molar-refractivity contribution in [2.45, 2.75) is 44.6 Å². The van der Waals surface area contributed by atoms with Crippen LogP contribution in [0.3, 0.4) is 0 Å². The second-order valence-corrected chi connectivity index (χ2v) is 8.41. The molecule has 1 spiro atoms. The summed E-state index contributed by atoms with van der Waals surface area (Å²) in [6.45, 7) is 3.78. The van der Waals surface area contributed by atoms with Crippen LogP contribution in [-0.4, -0.2) is 58.9 Å². The monoisotopic (exact) mass is 419 g/mol. The van der Waals surface area contributed by atoms with Gasteiger partial charge in [-0.2, -0.15) is 0 Å². The Morgan fingerprint density at radius 2 is 1.68 bits per heavy atom. The zero-order valence-corrected chi connectivity index (χ0v) is 15.5. The highest BCUT2D eigenvalue weighted by molar-refractivity contribution is 14.1. The number of nitrogens with one attached hydrogen (secondary N) is 1. The predicted octanol–water partition coefficient (Wildman–Crippen LogP) is 2.24. The van der Waals surface area contributed by atoms with E-state index in [0.717, 1.165) is 64.7 Å². The summed E-state index contributed by atoms with van der Waals surface area (Å²) in [6, 6.07) is 0.370. The van der Waals surface area contributed by atoms with E-state index >= 15 is 0 Å². The molecule has 6 heteroatoms. The van der Waals surface area contributed by atoms with Crippen LogP contribution in [0.2, 0.25) is 0 Å². The van der Waals surface area contributed by atoms with Crippen LogP contribution in [0, 0.1) is 11.3 Å². The van der Waals surface area contributed by atoms with Gasteiger partial charge < -0.3 is 15.1 Å². The molecule has 1 aliphatic heterocycles. The van der Waals surface area contributed by atoms with Gasteiger partial charge in [0.2, 0.25) is 5.91 Å². The van der Waals surface area contributed by atoms with Crippen LogP contribution in [0.4, 0.5) is 4.79 Å². The second kappa shape index (κ2) is 6.63. The smallest absolute Gasteiger partial charge is 0.280 e. The zero-order chi connectivity index (χ0) is 15.7. The average Bonchev–Trinajstić information content (AvgIpc) is 2.46. The molecular formula is C16H26IN3O2. The van der Waals surface area contributed by atoms with E-state index in [2.05, 4.69) is 22.2 Å². The molecule has 3 aliphatic rings. The number of piperazine rings is 1. The van der Waals surface area contributed by atoms with Gasteiger partial charge in [-0.1, -0.05) is 0 Å². The van der Waals surface area contributed by atoms with E-state index < -0.39 is 0 Å². The first-order valence-electron chi connectivity index (χ1n) is 8.41. The number of hydrogen-bond donors (Lipinski definition) is 1. The van der Waals surface area contributed by atoms with Crippen molar-refractivity contribution < 1.29 is 9.59 Å². The molecule has 2 amide bonds. The molecule has 1 N–H and O–H groups in total.